The molecule has 0 N–H and O–H groups in total. The molecule has 0 unspecified atom stereocenters. The molecule has 0 saturated heterocycles. The molecule has 5 nitrogen and oxygen atoms in total. The predicted octanol–water partition coefficient (Wildman–Crippen LogP) is 5.10. The Morgan fingerprint density at radius 1 is 0.969 bits per heavy atom. The first-order valence-electron chi connectivity index (χ1n) is 10.6. The number of carbonyl (C=O) groups is 1. The average Bonchev–Trinajstić information content (AvgIpc) is 3.21. The normalized spacial score (nSPS) is 11.8. The van der Waals surface area contributed by atoms with Gasteiger partial charge in [0.05, 0.1) is 5.75 Å². The molecule has 32 heavy (non-hydrogen) atoms. The van der Waals surface area contributed by atoms with Gasteiger partial charge in [0.15, 0.2) is 0 Å². The van der Waals surface area contributed by atoms with Crippen molar-refractivity contribution >= 4 is 27.3 Å². The molecular formula is C25H30N2O3S2. The SMILES string of the molecule is CC(C)CN(Cc1ccc(-c2cccc(C(=O)N(C)C)c2)s1)S(=O)(=O)Cc1ccccc1. The molecule has 0 aliphatic carbocycles. The third-order valence-electron chi connectivity index (χ3n) is 4.95. The van der Waals surface area contributed by atoms with Crippen LogP contribution in [-0.4, -0.2) is 44.2 Å². The molecule has 0 fully saturated rings. The Hall–Kier alpha value is -2.48. The number of hydrogen-bond acceptors (Lipinski definition) is 4. The van der Waals surface area contributed by atoms with Crippen LogP contribution in [0.25, 0.3) is 10.4 Å². The number of rotatable bonds is 9. The van der Waals surface area contributed by atoms with Crippen LogP contribution in [0.15, 0.2) is 66.7 Å². The van der Waals surface area contributed by atoms with E-state index in [-0.39, 0.29) is 17.6 Å². The summed E-state index contributed by atoms with van der Waals surface area (Å²) in [6, 6.07) is 20.8. The fraction of sp³-hybridized carbons (Fsp3) is 0.320. The summed E-state index contributed by atoms with van der Waals surface area (Å²) in [5.41, 5.74) is 2.38. The standard InChI is InChI=1S/C25H30N2O3S2/c1-19(2)16-27(32(29,30)18-20-9-6-5-7-10-20)17-23-13-14-24(31-23)21-11-8-12-22(15-21)25(28)26(3)4/h5-15,19H,16-18H2,1-4H3. The van der Waals surface area contributed by atoms with Gasteiger partial charge in [-0.1, -0.05) is 56.3 Å². The van der Waals surface area contributed by atoms with Crippen molar-refractivity contribution in [2.24, 2.45) is 5.92 Å². The highest BCUT2D eigenvalue weighted by Crippen LogP contribution is 2.30. The Balaban J connectivity index is 1.82. The molecule has 0 spiro atoms. The smallest absolute Gasteiger partial charge is 0.253 e. The second-order valence-electron chi connectivity index (χ2n) is 8.47. The number of carbonyl (C=O) groups excluding carboxylic acids is 1. The molecule has 1 heterocycles. The number of hydrogen-bond donors (Lipinski definition) is 0. The fourth-order valence-corrected chi connectivity index (χ4v) is 6.17. The Bertz CT molecular complexity index is 1150. The minimum atomic E-state index is -3.46. The highest BCUT2D eigenvalue weighted by atomic mass is 32.2. The summed E-state index contributed by atoms with van der Waals surface area (Å²) >= 11 is 1.56. The second-order valence-corrected chi connectivity index (χ2v) is 11.6. The van der Waals surface area contributed by atoms with Crippen LogP contribution in [-0.2, 0) is 22.3 Å². The van der Waals surface area contributed by atoms with Crippen LogP contribution in [0.3, 0.4) is 0 Å². The number of nitrogens with zero attached hydrogens (tertiary/aromatic N) is 2. The maximum absolute atomic E-state index is 13.2. The second kappa shape index (κ2) is 10.4. The average molecular weight is 471 g/mol. The molecule has 0 saturated carbocycles. The lowest BCUT2D eigenvalue weighted by Gasteiger charge is -2.23. The summed E-state index contributed by atoms with van der Waals surface area (Å²) in [7, 11) is 0.00544. The molecule has 0 atom stereocenters. The van der Waals surface area contributed by atoms with E-state index in [0.29, 0.717) is 18.7 Å². The van der Waals surface area contributed by atoms with E-state index in [0.717, 1.165) is 20.9 Å². The zero-order chi connectivity index (χ0) is 23.3. The highest BCUT2D eigenvalue weighted by molar-refractivity contribution is 7.88. The van der Waals surface area contributed by atoms with Gasteiger partial charge < -0.3 is 4.90 Å². The summed E-state index contributed by atoms with van der Waals surface area (Å²) in [5, 5.41) is 0. The van der Waals surface area contributed by atoms with E-state index in [4.69, 9.17) is 0 Å². The van der Waals surface area contributed by atoms with E-state index in [2.05, 4.69) is 0 Å². The Labute approximate surface area is 195 Å². The van der Waals surface area contributed by atoms with Gasteiger partial charge in [-0.2, -0.15) is 4.31 Å². The Morgan fingerprint density at radius 2 is 1.69 bits per heavy atom. The molecule has 3 aromatic rings. The minimum Gasteiger partial charge on any atom is -0.345 e. The molecule has 2 aromatic carbocycles. The van der Waals surface area contributed by atoms with Crippen molar-refractivity contribution in [2.45, 2.75) is 26.1 Å². The molecule has 1 aromatic heterocycles. The molecule has 1 amide bonds. The van der Waals surface area contributed by atoms with Gasteiger partial charge in [-0.05, 0) is 41.3 Å². The first-order valence-corrected chi connectivity index (χ1v) is 13.0. The third-order valence-corrected chi connectivity index (χ3v) is 7.83. The zero-order valence-electron chi connectivity index (χ0n) is 19.0. The monoisotopic (exact) mass is 470 g/mol. The van der Waals surface area contributed by atoms with Crippen LogP contribution in [0.5, 0.6) is 0 Å². The van der Waals surface area contributed by atoms with Crippen molar-refractivity contribution < 1.29 is 13.2 Å². The van der Waals surface area contributed by atoms with E-state index in [1.807, 2.05) is 74.5 Å². The Kier molecular flexibility index (Phi) is 7.87. The first-order chi connectivity index (χ1) is 15.2. The topological polar surface area (TPSA) is 57.7 Å². The summed E-state index contributed by atoms with van der Waals surface area (Å²) in [4.78, 5) is 15.8. The van der Waals surface area contributed by atoms with Gasteiger partial charge in [-0.25, -0.2) is 8.42 Å². The first kappa shape index (κ1) is 24.2. The van der Waals surface area contributed by atoms with E-state index in [1.165, 1.54) is 0 Å². The predicted molar refractivity (Wildman–Crippen MR) is 132 cm³/mol. The van der Waals surface area contributed by atoms with E-state index < -0.39 is 10.0 Å². The van der Waals surface area contributed by atoms with E-state index >= 15 is 0 Å². The zero-order valence-corrected chi connectivity index (χ0v) is 20.6. The molecule has 0 radical (unpaired) electrons. The van der Waals surface area contributed by atoms with Crippen LogP contribution >= 0.6 is 11.3 Å². The summed E-state index contributed by atoms with van der Waals surface area (Å²) in [5.74, 6) is 0.167. The number of amides is 1. The largest absolute Gasteiger partial charge is 0.345 e. The summed E-state index contributed by atoms with van der Waals surface area (Å²) in [6.07, 6.45) is 0. The molecule has 170 valence electrons. The van der Waals surface area contributed by atoms with Crippen molar-refractivity contribution in [3.63, 3.8) is 0 Å². The highest BCUT2D eigenvalue weighted by Gasteiger charge is 2.24. The van der Waals surface area contributed by atoms with Gasteiger partial charge in [-0.15, -0.1) is 11.3 Å². The maximum atomic E-state index is 13.2. The van der Waals surface area contributed by atoms with Crippen LogP contribution in [0, 0.1) is 5.92 Å². The van der Waals surface area contributed by atoms with Crippen molar-refractivity contribution in [3.05, 3.63) is 82.7 Å². The fourth-order valence-electron chi connectivity index (χ4n) is 3.42. The van der Waals surface area contributed by atoms with Gasteiger partial charge >= 0.3 is 0 Å². The van der Waals surface area contributed by atoms with Gasteiger partial charge in [0, 0.05) is 42.5 Å². The van der Waals surface area contributed by atoms with Crippen LogP contribution < -0.4 is 0 Å². The third kappa shape index (κ3) is 6.28. The maximum Gasteiger partial charge on any atom is 0.253 e. The summed E-state index contributed by atoms with van der Waals surface area (Å²) < 4.78 is 28.0. The van der Waals surface area contributed by atoms with Crippen molar-refractivity contribution in [1.82, 2.24) is 9.21 Å². The number of sulfonamides is 1. The van der Waals surface area contributed by atoms with Gasteiger partial charge in [0.25, 0.3) is 5.91 Å². The van der Waals surface area contributed by atoms with E-state index in [1.54, 1.807) is 40.7 Å². The molecule has 3 rings (SSSR count). The molecule has 7 heteroatoms. The molecular weight excluding hydrogens is 440 g/mol. The number of benzene rings is 2. The van der Waals surface area contributed by atoms with E-state index in [9.17, 15) is 13.2 Å². The quantitative estimate of drug-likeness (QED) is 0.437. The lowest BCUT2D eigenvalue weighted by atomic mass is 10.1. The van der Waals surface area contributed by atoms with Gasteiger partial charge in [0.1, 0.15) is 0 Å². The van der Waals surface area contributed by atoms with Crippen molar-refractivity contribution in [1.29, 1.82) is 0 Å². The van der Waals surface area contributed by atoms with Crippen LogP contribution in [0.2, 0.25) is 0 Å². The molecule has 0 bridgehead atoms. The minimum absolute atomic E-state index is 0.00646. The molecule has 0 aliphatic rings. The lowest BCUT2D eigenvalue weighted by molar-refractivity contribution is 0.0827. The van der Waals surface area contributed by atoms with Crippen LogP contribution in [0.1, 0.15) is 34.6 Å². The van der Waals surface area contributed by atoms with Crippen molar-refractivity contribution in [3.8, 4) is 10.4 Å². The summed E-state index contributed by atoms with van der Waals surface area (Å²) in [6.45, 7) is 4.86. The van der Waals surface area contributed by atoms with Crippen molar-refractivity contribution in [2.75, 3.05) is 20.6 Å². The Morgan fingerprint density at radius 3 is 2.34 bits per heavy atom. The lowest BCUT2D eigenvalue weighted by Crippen LogP contribution is -2.34. The van der Waals surface area contributed by atoms with Gasteiger partial charge in [-0.3, -0.25) is 4.79 Å². The van der Waals surface area contributed by atoms with Crippen LogP contribution in [0.4, 0.5) is 0 Å². The number of thiophene rings is 1. The molecule has 0 aliphatic heterocycles. The van der Waals surface area contributed by atoms with Gasteiger partial charge in [0.2, 0.25) is 10.0 Å².